The number of nitrogens with one attached hydrogen (secondary N) is 1. The fourth-order valence-corrected chi connectivity index (χ4v) is 1.82. The SMILES string of the molecule is CNCc1ccc(SCCCO)nc1. The van der Waals surface area contributed by atoms with Crippen molar-refractivity contribution in [1.82, 2.24) is 10.3 Å². The standard InChI is InChI=1S/C10H16N2OS/c1-11-7-9-3-4-10(12-8-9)14-6-2-5-13/h3-4,8,11,13H,2,5-7H2,1H3. The zero-order chi connectivity index (χ0) is 10.2. The molecule has 0 aliphatic rings. The molecule has 1 heterocycles. The molecule has 1 aromatic rings. The fourth-order valence-electron chi connectivity index (χ4n) is 1.05. The van der Waals surface area contributed by atoms with Crippen molar-refractivity contribution >= 4 is 11.8 Å². The first kappa shape index (κ1) is 11.5. The van der Waals surface area contributed by atoms with E-state index in [4.69, 9.17) is 5.11 Å². The summed E-state index contributed by atoms with van der Waals surface area (Å²) < 4.78 is 0. The maximum absolute atomic E-state index is 8.62. The lowest BCUT2D eigenvalue weighted by molar-refractivity contribution is 0.296. The summed E-state index contributed by atoms with van der Waals surface area (Å²) in [5.41, 5.74) is 1.19. The molecule has 0 aliphatic heterocycles. The normalized spacial score (nSPS) is 10.4. The summed E-state index contributed by atoms with van der Waals surface area (Å²) >= 11 is 1.68. The molecule has 0 bridgehead atoms. The van der Waals surface area contributed by atoms with Crippen LogP contribution in [0.3, 0.4) is 0 Å². The number of aliphatic hydroxyl groups excluding tert-OH is 1. The molecule has 1 rings (SSSR count). The number of rotatable bonds is 6. The second-order valence-corrected chi connectivity index (χ2v) is 4.08. The number of thioether (sulfide) groups is 1. The first-order valence-electron chi connectivity index (χ1n) is 4.70. The van der Waals surface area contributed by atoms with E-state index in [1.807, 2.05) is 19.3 Å². The van der Waals surface area contributed by atoms with Gasteiger partial charge in [-0.15, -0.1) is 11.8 Å². The van der Waals surface area contributed by atoms with Crippen molar-refractivity contribution in [3.8, 4) is 0 Å². The van der Waals surface area contributed by atoms with Gasteiger partial charge in [-0.1, -0.05) is 6.07 Å². The van der Waals surface area contributed by atoms with Crippen LogP contribution in [0.15, 0.2) is 23.4 Å². The van der Waals surface area contributed by atoms with Crippen LogP contribution in [-0.2, 0) is 6.54 Å². The Labute approximate surface area is 88.9 Å². The molecular weight excluding hydrogens is 196 g/mol. The van der Waals surface area contributed by atoms with E-state index in [1.165, 1.54) is 5.56 Å². The van der Waals surface area contributed by atoms with E-state index in [9.17, 15) is 0 Å². The van der Waals surface area contributed by atoms with Gasteiger partial charge in [0.05, 0.1) is 5.03 Å². The van der Waals surface area contributed by atoms with Gasteiger partial charge in [0.2, 0.25) is 0 Å². The van der Waals surface area contributed by atoms with E-state index in [0.717, 1.165) is 23.7 Å². The Hall–Kier alpha value is -0.580. The number of hydrogen-bond donors (Lipinski definition) is 2. The Morgan fingerprint density at radius 2 is 2.36 bits per heavy atom. The van der Waals surface area contributed by atoms with E-state index in [-0.39, 0.29) is 6.61 Å². The lowest BCUT2D eigenvalue weighted by Gasteiger charge is -2.02. The lowest BCUT2D eigenvalue weighted by atomic mass is 10.3. The van der Waals surface area contributed by atoms with E-state index in [2.05, 4.69) is 16.4 Å². The Morgan fingerprint density at radius 1 is 1.50 bits per heavy atom. The lowest BCUT2D eigenvalue weighted by Crippen LogP contribution is -2.05. The summed E-state index contributed by atoms with van der Waals surface area (Å²) in [6.45, 7) is 1.11. The largest absolute Gasteiger partial charge is 0.396 e. The molecule has 0 aliphatic carbocycles. The molecule has 0 atom stereocenters. The highest BCUT2D eigenvalue weighted by Crippen LogP contribution is 2.15. The topological polar surface area (TPSA) is 45.1 Å². The van der Waals surface area contributed by atoms with Crippen molar-refractivity contribution < 1.29 is 5.11 Å². The van der Waals surface area contributed by atoms with Gasteiger partial charge in [-0.05, 0) is 25.1 Å². The smallest absolute Gasteiger partial charge is 0.0960 e. The molecule has 3 nitrogen and oxygen atoms in total. The van der Waals surface area contributed by atoms with Crippen molar-refractivity contribution in [1.29, 1.82) is 0 Å². The van der Waals surface area contributed by atoms with Crippen LogP contribution in [0, 0.1) is 0 Å². The van der Waals surface area contributed by atoms with Gasteiger partial charge >= 0.3 is 0 Å². The molecule has 4 heteroatoms. The third-order valence-electron chi connectivity index (χ3n) is 1.73. The summed E-state index contributed by atoms with van der Waals surface area (Å²) in [7, 11) is 1.92. The molecule has 0 amide bonds. The minimum Gasteiger partial charge on any atom is -0.396 e. The highest BCUT2D eigenvalue weighted by molar-refractivity contribution is 7.99. The van der Waals surface area contributed by atoms with Crippen molar-refractivity contribution in [3.63, 3.8) is 0 Å². The van der Waals surface area contributed by atoms with Gasteiger partial charge in [0.25, 0.3) is 0 Å². The van der Waals surface area contributed by atoms with E-state index in [0.29, 0.717) is 0 Å². The molecule has 78 valence electrons. The molecule has 0 aromatic carbocycles. The number of nitrogens with zero attached hydrogens (tertiary/aromatic N) is 1. The molecule has 2 N–H and O–H groups in total. The van der Waals surface area contributed by atoms with Crippen molar-refractivity contribution in [2.75, 3.05) is 19.4 Å². The average molecular weight is 212 g/mol. The van der Waals surface area contributed by atoms with Crippen molar-refractivity contribution in [3.05, 3.63) is 23.9 Å². The Kier molecular flexibility index (Phi) is 5.59. The van der Waals surface area contributed by atoms with Gasteiger partial charge in [-0.3, -0.25) is 0 Å². The zero-order valence-corrected chi connectivity index (χ0v) is 9.18. The summed E-state index contributed by atoms with van der Waals surface area (Å²) in [6.07, 6.45) is 2.71. The molecule has 0 radical (unpaired) electrons. The van der Waals surface area contributed by atoms with Crippen LogP contribution in [0.2, 0.25) is 0 Å². The second-order valence-electron chi connectivity index (χ2n) is 2.96. The third kappa shape index (κ3) is 4.09. The predicted octanol–water partition coefficient (Wildman–Crippen LogP) is 1.28. The van der Waals surface area contributed by atoms with Crippen molar-refractivity contribution in [2.45, 2.75) is 18.0 Å². The van der Waals surface area contributed by atoms with Gasteiger partial charge in [-0.2, -0.15) is 0 Å². The van der Waals surface area contributed by atoms with Crippen LogP contribution >= 0.6 is 11.8 Å². The Balaban J connectivity index is 2.38. The van der Waals surface area contributed by atoms with Gasteiger partial charge < -0.3 is 10.4 Å². The maximum Gasteiger partial charge on any atom is 0.0960 e. The van der Waals surface area contributed by atoms with E-state index in [1.54, 1.807) is 11.8 Å². The van der Waals surface area contributed by atoms with Gasteiger partial charge in [0.1, 0.15) is 0 Å². The average Bonchev–Trinajstić information content (AvgIpc) is 2.21. The Morgan fingerprint density at radius 3 is 2.93 bits per heavy atom. The van der Waals surface area contributed by atoms with Gasteiger partial charge in [0.15, 0.2) is 0 Å². The van der Waals surface area contributed by atoms with E-state index < -0.39 is 0 Å². The molecule has 0 spiro atoms. The van der Waals surface area contributed by atoms with Gasteiger partial charge in [0, 0.05) is 25.1 Å². The predicted molar refractivity (Wildman–Crippen MR) is 59.4 cm³/mol. The molecule has 1 aromatic heterocycles. The molecular formula is C10H16N2OS. The van der Waals surface area contributed by atoms with Crippen LogP contribution in [-0.4, -0.2) is 29.5 Å². The number of hydrogen-bond acceptors (Lipinski definition) is 4. The summed E-state index contributed by atoms with van der Waals surface area (Å²) in [5, 5.41) is 12.7. The molecule has 0 fully saturated rings. The first-order chi connectivity index (χ1) is 6.86. The molecule has 0 unspecified atom stereocenters. The Bertz CT molecular complexity index is 251. The zero-order valence-electron chi connectivity index (χ0n) is 8.36. The maximum atomic E-state index is 8.62. The second kappa shape index (κ2) is 6.81. The highest BCUT2D eigenvalue weighted by atomic mass is 32.2. The van der Waals surface area contributed by atoms with Crippen molar-refractivity contribution in [2.24, 2.45) is 0 Å². The van der Waals surface area contributed by atoms with Crippen LogP contribution in [0.1, 0.15) is 12.0 Å². The minimum absolute atomic E-state index is 0.255. The van der Waals surface area contributed by atoms with Gasteiger partial charge in [-0.25, -0.2) is 4.98 Å². The van der Waals surface area contributed by atoms with Crippen LogP contribution < -0.4 is 5.32 Å². The monoisotopic (exact) mass is 212 g/mol. The quantitative estimate of drug-likeness (QED) is 0.551. The summed E-state index contributed by atoms with van der Waals surface area (Å²) in [5.74, 6) is 0.925. The third-order valence-corrected chi connectivity index (χ3v) is 2.76. The first-order valence-corrected chi connectivity index (χ1v) is 5.68. The molecule has 0 saturated heterocycles. The molecule has 14 heavy (non-hydrogen) atoms. The number of pyridine rings is 1. The fraction of sp³-hybridized carbons (Fsp3) is 0.500. The van der Waals surface area contributed by atoms with Crippen LogP contribution in [0.4, 0.5) is 0 Å². The number of aliphatic hydroxyl groups is 1. The summed E-state index contributed by atoms with van der Waals surface area (Å²) in [4.78, 5) is 4.31. The molecule has 0 saturated carbocycles. The van der Waals surface area contributed by atoms with Crippen LogP contribution in [0.25, 0.3) is 0 Å². The minimum atomic E-state index is 0.255. The highest BCUT2D eigenvalue weighted by Gasteiger charge is 1.96. The van der Waals surface area contributed by atoms with E-state index >= 15 is 0 Å². The summed E-state index contributed by atoms with van der Waals surface area (Å²) in [6, 6.07) is 4.10. The van der Waals surface area contributed by atoms with Crippen LogP contribution in [0.5, 0.6) is 0 Å². The number of aromatic nitrogens is 1.